The zero-order valence-corrected chi connectivity index (χ0v) is 20.9. The van der Waals surface area contributed by atoms with Crippen LogP contribution in [0.3, 0.4) is 0 Å². The molecule has 0 fully saturated rings. The minimum Gasteiger partial charge on any atom is -0.299 e. The zero-order valence-electron chi connectivity index (χ0n) is 17.7. The summed E-state index contributed by atoms with van der Waals surface area (Å²) in [5, 5.41) is 11.3. The lowest BCUT2D eigenvalue weighted by Crippen LogP contribution is -2.38. The first kappa shape index (κ1) is 24.2. The van der Waals surface area contributed by atoms with Gasteiger partial charge in [-0.1, -0.05) is 95.4 Å². The Labute approximate surface area is 210 Å². The van der Waals surface area contributed by atoms with Gasteiger partial charge in [0.2, 0.25) is 11.0 Å². The predicted molar refractivity (Wildman–Crippen MR) is 137 cm³/mol. The average Bonchev–Trinajstić information content (AvgIpc) is 3.30. The van der Waals surface area contributed by atoms with Gasteiger partial charge >= 0.3 is 0 Å². The normalized spacial score (nSPS) is 11.2. The highest BCUT2D eigenvalue weighted by Crippen LogP contribution is 2.31. The fourth-order valence-corrected chi connectivity index (χ4v) is 6.47. The van der Waals surface area contributed by atoms with Crippen LogP contribution in [0.2, 0.25) is 5.02 Å². The second-order valence-corrected chi connectivity index (χ2v) is 11.4. The number of carbonyl (C=O) groups excluding carboxylic acids is 1. The Morgan fingerprint density at radius 3 is 2.29 bits per heavy atom. The molecule has 34 heavy (non-hydrogen) atoms. The van der Waals surface area contributed by atoms with Crippen molar-refractivity contribution >= 4 is 61.4 Å². The molecule has 0 unspecified atom stereocenters. The van der Waals surface area contributed by atoms with E-state index >= 15 is 0 Å². The molecule has 0 spiro atoms. The topological polar surface area (TPSA) is 92.3 Å². The summed E-state index contributed by atoms with van der Waals surface area (Å²) >= 11 is 9.01. The molecule has 7 nitrogen and oxygen atoms in total. The van der Waals surface area contributed by atoms with Crippen LogP contribution < -0.4 is 9.62 Å². The van der Waals surface area contributed by atoms with Gasteiger partial charge in [0.1, 0.15) is 6.54 Å². The number of halogens is 1. The number of carbonyl (C=O) groups is 1. The number of aromatic nitrogens is 2. The molecule has 0 aliphatic carbocycles. The molecule has 3 aromatic carbocycles. The highest BCUT2D eigenvalue weighted by Gasteiger charge is 2.28. The number of nitrogens with zero attached hydrogens (tertiary/aromatic N) is 3. The molecule has 4 rings (SSSR count). The number of benzene rings is 3. The maximum absolute atomic E-state index is 13.4. The van der Waals surface area contributed by atoms with E-state index in [1.54, 1.807) is 42.5 Å². The van der Waals surface area contributed by atoms with Crippen LogP contribution in [0, 0.1) is 0 Å². The Kier molecular flexibility index (Phi) is 7.84. The van der Waals surface area contributed by atoms with Crippen molar-refractivity contribution in [2.75, 3.05) is 16.2 Å². The number of nitrogens with one attached hydrogen (secondary N) is 1. The van der Waals surface area contributed by atoms with Crippen molar-refractivity contribution in [3.8, 4) is 0 Å². The summed E-state index contributed by atoms with van der Waals surface area (Å²) < 4.78 is 28.4. The SMILES string of the molecule is O=C(CN(c1ccccc1Cl)S(=O)(=O)c1ccccc1)Nc1nnc(SCc2ccccc2)s1. The first-order valence-electron chi connectivity index (χ1n) is 10.1. The Morgan fingerprint density at radius 2 is 1.59 bits per heavy atom. The van der Waals surface area contributed by atoms with E-state index in [1.165, 1.54) is 35.2 Å². The van der Waals surface area contributed by atoms with Gasteiger partial charge in [-0.2, -0.15) is 0 Å². The molecule has 1 heterocycles. The van der Waals surface area contributed by atoms with Crippen LogP contribution in [0.4, 0.5) is 10.8 Å². The van der Waals surface area contributed by atoms with Crippen molar-refractivity contribution in [3.63, 3.8) is 0 Å². The van der Waals surface area contributed by atoms with Gasteiger partial charge in [0, 0.05) is 5.75 Å². The van der Waals surface area contributed by atoms with Gasteiger partial charge in [0.15, 0.2) is 4.34 Å². The van der Waals surface area contributed by atoms with Gasteiger partial charge in [-0.05, 0) is 29.8 Å². The van der Waals surface area contributed by atoms with E-state index in [-0.39, 0.29) is 20.7 Å². The lowest BCUT2D eigenvalue weighted by molar-refractivity contribution is -0.114. The zero-order chi connectivity index (χ0) is 24.0. The molecule has 0 bridgehead atoms. The van der Waals surface area contributed by atoms with E-state index in [4.69, 9.17) is 11.6 Å². The fourth-order valence-electron chi connectivity index (χ4n) is 3.00. The molecule has 174 valence electrons. The van der Waals surface area contributed by atoms with Crippen molar-refractivity contribution < 1.29 is 13.2 Å². The molecule has 1 aromatic heterocycles. The summed E-state index contributed by atoms with van der Waals surface area (Å²) in [4.78, 5) is 12.9. The second-order valence-electron chi connectivity index (χ2n) is 6.97. The summed E-state index contributed by atoms with van der Waals surface area (Å²) in [6, 6.07) is 24.3. The van der Waals surface area contributed by atoms with Crippen LogP contribution in [0.1, 0.15) is 5.56 Å². The van der Waals surface area contributed by atoms with E-state index in [0.29, 0.717) is 4.34 Å². The van der Waals surface area contributed by atoms with E-state index in [2.05, 4.69) is 15.5 Å². The molecular formula is C23H19ClN4O3S3. The lowest BCUT2D eigenvalue weighted by Gasteiger charge is -2.24. The Balaban J connectivity index is 1.49. The van der Waals surface area contributed by atoms with Crippen LogP contribution in [-0.2, 0) is 20.6 Å². The number of hydrogen-bond acceptors (Lipinski definition) is 7. The van der Waals surface area contributed by atoms with E-state index in [9.17, 15) is 13.2 Å². The standard InChI is InChI=1S/C23H19ClN4O3S3/c24-19-13-7-8-14-20(19)28(34(30,31)18-11-5-2-6-12-18)15-21(29)25-22-26-27-23(33-22)32-16-17-9-3-1-4-10-17/h1-14H,15-16H2,(H,25,26,29). The molecule has 0 radical (unpaired) electrons. The van der Waals surface area contributed by atoms with Crippen molar-refractivity contribution in [1.82, 2.24) is 10.2 Å². The Morgan fingerprint density at radius 1 is 0.941 bits per heavy atom. The van der Waals surface area contributed by atoms with Crippen LogP contribution in [0.15, 0.2) is 94.2 Å². The molecule has 1 amide bonds. The minimum atomic E-state index is -4.05. The fraction of sp³-hybridized carbons (Fsp3) is 0.0870. The molecule has 0 saturated carbocycles. The number of anilines is 2. The van der Waals surface area contributed by atoms with Gasteiger partial charge < -0.3 is 0 Å². The van der Waals surface area contributed by atoms with E-state index in [0.717, 1.165) is 15.6 Å². The summed E-state index contributed by atoms with van der Waals surface area (Å²) in [7, 11) is -4.05. The second kappa shape index (κ2) is 11.0. The lowest BCUT2D eigenvalue weighted by atomic mass is 10.2. The van der Waals surface area contributed by atoms with Crippen molar-refractivity contribution in [2.45, 2.75) is 15.0 Å². The van der Waals surface area contributed by atoms with Crippen LogP contribution in [0.25, 0.3) is 0 Å². The largest absolute Gasteiger partial charge is 0.299 e. The minimum absolute atomic E-state index is 0.0539. The Hall–Kier alpha value is -2.92. The number of para-hydroxylation sites is 1. The van der Waals surface area contributed by atoms with Crippen LogP contribution in [-0.4, -0.2) is 31.1 Å². The van der Waals surface area contributed by atoms with Gasteiger partial charge in [0.25, 0.3) is 10.0 Å². The summed E-state index contributed by atoms with van der Waals surface area (Å²) in [5.74, 6) is 0.161. The summed E-state index contributed by atoms with van der Waals surface area (Å²) in [5.41, 5.74) is 1.36. The first-order chi connectivity index (χ1) is 16.4. The smallest absolute Gasteiger partial charge is 0.264 e. The molecule has 0 atom stereocenters. The number of amides is 1. The quantitative estimate of drug-likeness (QED) is 0.233. The third-order valence-electron chi connectivity index (χ3n) is 4.60. The van der Waals surface area contributed by atoms with Crippen LogP contribution in [0.5, 0.6) is 0 Å². The molecule has 1 N–H and O–H groups in total. The molecule has 0 aliphatic rings. The van der Waals surface area contributed by atoms with Crippen LogP contribution >= 0.6 is 34.7 Å². The predicted octanol–water partition coefficient (Wildman–Crippen LogP) is 5.32. The molecule has 0 aliphatic heterocycles. The van der Waals surface area contributed by atoms with Crippen molar-refractivity contribution in [2.24, 2.45) is 0 Å². The molecule has 0 saturated heterocycles. The average molecular weight is 531 g/mol. The highest BCUT2D eigenvalue weighted by molar-refractivity contribution is 8.00. The van der Waals surface area contributed by atoms with Crippen molar-refractivity contribution in [3.05, 3.63) is 95.5 Å². The number of sulfonamides is 1. The number of rotatable bonds is 9. The number of hydrogen-bond donors (Lipinski definition) is 1. The maximum atomic E-state index is 13.4. The Bertz CT molecular complexity index is 1370. The summed E-state index contributed by atoms with van der Waals surface area (Å²) in [6.07, 6.45) is 0. The van der Waals surface area contributed by atoms with Gasteiger partial charge in [-0.3, -0.25) is 14.4 Å². The van der Waals surface area contributed by atoms with Gasteiger partial charge in [-0.25, -0.2) is 8.42 Å². The van der Waals surface area contributed by atoms with E-state index in [1.807, 2.05) is 30.3 Å². The molecular weight excluding hydrogens is 512 g/mol. The van der Waals surface area contributed by atoms with Crippen molar-refractivity contribution in [1.29, 1.82) is 0 Å². The van der Waals surface area contributed by atoms with Gasteiger partial charge in [0.05, 0.1) is 15.6 Å². The monoisotopic (exact) mass is 530 g/mol. The van der Waals surface area contributed by atoms with Gasteiger partial charge in [-0.15, -0.1) is 10.2 Å². The third-order valence-corrected chi connectivity index (χ3v) is 8.73. The first-order valence-corrected chi connectivity index (χ1v) is 13.7. The molecule has 11 heteroatoms. The summed E-state index contributed by atoms with van der Waals surface area (Å²) in [6.45, 7) is -0.479. The maximum Gasteiger partial charge on any atom is 0.264 e. The third kappa shape index (κ3) is 5.95. The molecule has 4 aromatic rings. The number of thioether (sulfide) groups is 1. The highest BCUT2D eigenvalue weighted by atomic mass is 35.5. The van der Waals surface area contributed by atoms with E-state index < -0.39 is 22.5 Å².